The zero-order valence-corrected chi connectivity index (χ0v) is 11.9. The van der Waals surface area contributed by atoms with Crippen LogP contribution < -0.4 is 14.4 Å². The van der Waals surface area contributed by atoms with E-state index in [0.717, 1.165) is 17.2 Å². The third kappa shape index (κ3) is 3.07. The third-order valence-electron chi connectivity index (χ3n) is 3.38. The van der Waals surface area contributed by atoms with Gasteiger partial charge in [-0.25, -0.2) is 0 Å². The number of anilines is 1. The Hall–Kier alpha value is -1.42. The van der Waals surface area contributed by atoms with Gasteiger partial charge in [0.1, 0.15) is 11.5 Å². The molecule has 0 aliphatic rings. The van der Waals surface area contributed by atoms with Crippen LogP contribution in [-0.4, -0.2) is 38.5 Å². The number of aliphatic hydroxyl groups is 1. The summed E-state index contributed by atoms with van der Waals surface area (Å²) in [6.07, 6.45) is 0.693. The molecule has 4 heteroatoms. The molecule has 1 N–H and O–H groups in total. The van der Waals surface area contributed by atoms with E-state index in [2.05, 4.69) is 18.7 Å². The van der Waals surface area contributed by atoms with E-state index in [4.69, 9.17) is 14.6 Å². The molecule has 0 fully saturated rings. The van der Waals surface area contributed by atoms with E-state index in [1.807, 2.05) is 25.2 Å². The SMILES string of the molecule is COc1ccc(N(C)C(C)(C)CCO)c(OC)c1. The molecule has 0 heterocycles. The van der Waals surface area contributed by atoms with Gasteiger partial charge in [-0.1, -0.05) is 0 Å². The summed E-state index contributed by atoms with van der Waals surface area (Å²) in [7, 11) is 5.28. The first-order valence-electron chi connectivity index (χ1n) is 6.03. The first-order chi connectivity index (χ1) is 8.46. The van der Waals surface area contributed by atoms with Crippen molar-refractivity contribution in [2.75, 3.05) is 32.8 Å². The number of hydrogen-bond acceptors (Lipinski definition) is 4. The van der Waals surface area contributed by atoms with Crippen molar-refractivity contribution < 1.29 is 14.6 Å². The number of methoxy groups -OCH3 is 2. The fourth-order valence-corrected chi connectivity index (χ4v) is 1.83. The highest BCUT2D eigenvalue weighted by Crippen LogP contribution is 2.35. The van der Waals surface area contributed by atoms with E-state index < -0.39 is 0 Å². The maximum atomic E-state index is 9.13. The summed E-state index contributed by atoms with van der Waals surface area (Å²) in [5.74, 6) is 1.53. The van der Waals surface area contributed by atoms with Gasteiger partial charge in [-0.3, -0.25) is 0 Å². The van der Waals surface area contributed by atoms with Crippen molar-refractivity contribution in [3.63, 3.8) is 0 Å². The molecule has 18 heavy (non-hydrogen) atoms. The average Bonchev–Trinajstić information content (AvgIpc) is 2.37. The second-order valence-corrected chi connectivity index (χ2v) is 4.88. The Morgan fingerprint density at radius 3 is 2.39 bits per heavy atom. The molecule has 0 aromatic heterocycles. The van der Waals surface area contributed by atoms with Crippen LogP contribution in [0.4, 0.5) is 5.69 Å². The number of benzene rings is 1. The van der Waals surface area contributed by atoms with E-state index in [0.29, 0.717) is 6.42 Å². The zero-order valence-electron chi connectivity index (χ0n) is 11.9. The monoisotopic (exact) mass is 253 g/mol. The quantitative estimate of drug-likeness (QED) is 0.844. The Kier molecular flexibility index (Phi) is 4.84. The summed E-state index contributed by atoms with van der Waals surface area (Å²) >= 11 is 0. The lowest BCUT2D eigenvalue weighted by molar-refractivity contribution is 0.250. The zero-order chi connectivity index (χ0) is 13.8. The number of rotatable bonds is 6. The molecule has 0 atom stereocenters. The topological polar surface area (TPSA) is 41.9 Å². The molecule has 0 unspecified atom stereocenters. The Morgan fingerprint density at radius 1 is 1.22 bits per heavy atom. The Bertz CT molecular complexity index is 391. The standard InChI is InChI=1S/C14H23NO3/c1-14(2,8-9-16)15(3)12-7-6-11(17-4)10-13(12)18-5/h6-7,10,16H,8-9H2,1-5H3. The van der Waals surface area contributed by atoms with Crippen molar-refractivity contribution in [1.82, 2.24) is 0 Å². The van der Waals surface area contributed by atoms with Crippen LogP contribution in [0.2, 0.25) is 0 Å². The van der Waals surface area contributed by atoms with Crippen LogP contribution in [0.5, 0.6) is 11.5 Å². The van der Waals surface area contributed by atoms with E-state index >= 15 is 0 Å². The molecule has 1 aromatic carbocycles. The minimum atomic E-state index is -0.142. The minimum Gasteiger partial charge on any atom is -0.497 e. The second kappa shape index (κ2) is 5.96. The molecule has 0 aliphatic heterocycles. The lowest BCUT2D eigenvalue weighted by atomic mass is 9.98. The molecular weight excluding hydrogens is 230 g/mol. The molecule has 102 valence electrons. The fourth-order valence-electron chi connectivity index (χ4n) is 1.83. The highest BCUT2D eigenvalue weighted by Gasteiger charge is 2.25. The Morgan fingerprint density at radius 2 is 1.89 bits per heavy atom. The van der Waals surface area contributed by atoms with Crippen LogP contribution in [-0.2, 0) is 0 Å². The molecular formula is C14H23NO3. The van der Waals surface area contributed by atoms with Crippen molar-refractivity contribution in [1.29, 1.82) is 0 Å². The van der Waals surface area contributed by atoms with Crippen LogP contribution in [0, 0.1) is 0 Å². The fraction of sp³-hybridized carbons (Fsp3) is 0.571. The lowest BCUT2D eigenvalue weighted by Crippen LogP contribution is -2.42. The molecule has 0 bridgehead atoms. The summed E-state index contributed by atoms with van der Waals surface area (Å²) in [4.78, 5) is 2.11. The molecule has 0 spiro atoms. The maximum Gasteiger partial charge on any atom is 0.145 e. The van der Waals surface area contributed by atoms with Gasteiger partial charge < -0.3 is 19.5 Å². The number of hydrogen-bond donors (Lipinski definition) is 1. The first-order valence-corrected chi connectivity index (χ1v) is 6.03. The van der Waals surface area contributed by atoms with Crippen molar-refractivity contribution in [3.05, 3.63) is 18.2 Å². The molecule has 0 saturated carbocycles. The summed E-state index contributed by atoms with van der Waals surface area (Å²) in [5.41, 5.74) is 0.841. The van der Waals surface area contributed by atoms with E-state index in [1.165, 1.54) is 0 Å². The van der Waals surface area contributed by atoms with E-state index in [9.17, 15) is 0 Å². The highest BCUT2D eigenvalue weighted by molar-refractivity contribution is 5.61. The van der Waals surface area contributed by atoms with Gasteiger partial charge in [-0.2, -0.15) is 0 Å². The average molecular weight is 253 g/mol. The number of nitrogens with zero attached hydrogens (tertiary/aromatic N) is 1. The Labute approximate surface area is 109 Å². The van der Waals surface area contributed by atoms with Gasteiger partial charge in [-0.05, 0) is 32.4 Å². The van der Waals surface area contributed by atoms with Crippen LogP contribution in [0.3, 0.4) is 0 Å². The van der Waals surface area contributed by atoms with Crippen molar-refractivity contribution in [3.8, 4) is 11.5 Å². The van der Waals surface area contributed by atoms with E-state index in [1.54, 1.807) is 14.2 Å². The molecule has 0 aliphatic carbocycles. The normalized spacial score (nSPS) is 11.2. The van der Waals surface area contributed by atoms with Crippen molar-refractivity contribution in [2.45, 2.75) is 25.8 Å². The lowest BCUT2D eigenvalue weighted by Gasteiger charge is -2.38. The van der Waals surface area contributed by atoms with Gasteiger partial charge >= 0.3 is 0 Å². The smallest absolute Gasteiger partial charge is 0.145 e. The predicted octanol–water partition coefficient (Wildman–Crippen LogP) is 2.30. The molecule has 0 radical (unpaired) electrons. The third-order valence-corrected chi connectivity index (χ3v) is 3.38. The van der Waals surface area contributed by atoms with Crippen LogP contribution in [0.25, 0.3) is 0 Å². The molecule has 1 aromatic rings. The van der Waals surface area contributed by atoms with Gasteiger partial charge in [0.25, 0.3) is 0 Å². The van der Waals surface area contributed by atoms with Gasteiger partial charge in [0.15, 0.2) is 0 Å². The minimum absolute atomic E-state index is 0.142. The van der Waals surface area contributed by atoms with Gasteiger partial charge in [0.05, 0.1) is 19.9 Å². The summed E-state index contributed by atoms with van der Waals surface area (Å²) in [6.45, 7) is 4.34. The number of ether oxygens (including phenoxy) is 2. The van der Waals surface area contributed by atoms with Gasteiger partial charge in [0.2, 0.25) is 0 Å². The Balaban J connectivity index is 3.08. The van der Waals surface area contributed by atoms with Gasteiger partial charge in [-0.15, -0.1) is 0 Å². The predicted molar refractivity (Wildman–Crippen MR) is 73.7 cm³/mol. The maximum absolute atomic E-state index is 9.13. The second-order valence-electron chi connectivity index (χ2n) is 4.88. The van der Waals surface area contributed by atoms with Crippen LogP contribution >= 0.6 is 0 Å². The highest BCUT2D eigenvalue weighted by atomic mass is 16.5. The van der Waals surface area contributed by atoms with Crippen LogP contribution in [0.15, 0.2) is 18.2 Å². The molecule has 4 nitrogen and oxygen atoms in total. The van der Waals surface area contributed by atoms with Crippen molar-refractivity contribution >= 4 is 5.69 Å². The van der Waals surface area contributed by atoms with Crippen molar-refractivity contribution in [2.24, 2.45) is 0 Å². The molecule has 0 amide bonds. The first kappa shape index (κ1) is 14.6. The molecule has 1 rings (SSSR count). The van der Waals surface area contributed by atoms with Crippen LogP contribution in [0.1, 0.15) is 20.3 Å². The number of aliphatic hydroxyl groups excluding tert-OH is 1. The summed E-state index contributed by atoms with van der Waals surface area (Å²) < 4.78 is 10.6. The van der Waals surface area contributed by atoms with Gasteiger partial charge in [0, 0.05) is 25.3 Å². The largest absolute Gasteiger partial charge is 0.497 e. The summed E-state index contributed by atoms with van der Waals surface area (Å²) in [6, 6.07) is 5.74. The summed E-state index contributed by atoms with van der Waals surface area (Å²) in [5, 5.41) is 9.13. The molecule has 0 saturated heterocycles. The van der Waals surface area contributed by atoms with E-state index in [-0.39, 0.29) is 12.1 Å².